The topological polar surface area (TPSA) is 98.1 Å². The van der Waals surface area contributed by atoms with Gasteiger partial charge in [0.2, 0.25) is 5.88 Å². The first-order valence-electron chi connectivity index (χ1n) is 7.25. The van der Waals surface area contributed by atoms with Crippen molar-refractivity contribution in [2.75, 3.05) is 13.7 Å². The molecular weight excluding hydrogens is 290 g/mol. The van der Waals surface area contributed by atoms with Crippen LogP contribution >= 0.6 is 0 Å². The summed E-state index contributed by atoms with van der Waals surface area (Å²) in [6.07, 6.45) is -0.478. The number of nitrogens with zero attached hydrogens (tertiary/aromatic N) is 1. The Balaban J connectivity index is 2.51. The third-order valence-electron chi connectivity index (χ3n) is 3.73. The highest BCUT2D eigenvalue weighted by molar-refractivity contribution is 5.88. The number of methoxy groups -OCH3 is 1. The minimum Gasteiger partial charge on any atom is -0.481 e. The number of hydrogen-bond acceptors (Lipinski definition) is 7. The van der Waals surface area contributed by atoms with Gasteiger partial charge in [0, 0.05) is 11.1 Å². The number of esters is 1. The Bertz CT molecular complexity index is 561. The smallest absolute Gasteiger partial charge is 0.357 e. The van der Waals surface area contributed by atoms with Crippen LogP contribution in [-0.4, -0.2) is 41.2 Å². The molecule has 2 rings (SSSR count). The summed E-state index contributed by atoms with van der Waals surface area (Å²) in [5.74, 6) is -0.415. The number of carbonyl (C=O) groups is 1. The van der Waals surface area contributed by atoms with Crippen LogP contribution in [-0.2, 0) is 21.7 Å². The molecule has 0 amide bonds. The Morgan fingerprint density at radius 1 is 1.55 bits per heavy atom. The van der Waals surface area contributed by atoms with Gasteiger partial charge < -0.3 is 24.4 Å². The van der Waals surface area contributed by atoms with E-state index in [0.29, 0.717) is 17.5 Å². The molecule has 0 aromatic carbocycles. The summed E-state index contributed by atoms with van der Waals surface area (Å²) in [7, 11) is 1.42. The van der Waals surface area contributed by atoms with E-state index in [0.717, 1.165) is 0 Å². The summed E-state index contributed by atoms with van der Waals surface area (Å²) in [6.45, 7) is 3.92. The lowest BCUT2D eigenvalue weighted by Gasteiger charge is -2.38. The third-order valence-corrected chi connectivity index (χ3v) is 3.73. The highest BCUT2D eigenvalue weighted by Crippen LogP contribution is 2.40. The fourth-order valence-electron chi connectivity index (χ4n) is 2.41. The average molecular weight is 311 g/mol. The number of rotatable bonds is 5. The highest BCUT2D eigenvalue weighted by Gasteiger charge is 2.44. The lowest BCUT2D eigenvalue weighted by Crippen LogP contribution is -2.45. The van der Waals surface area contributed by atoms with Crippen LogP contribution in [0.15, 0.2) is 6.07 Å². The van der Waals surface area contributed by atoms with Crippen LogP contribution in [0, 0.1) is 0 Å². The molecule has 2 heterocycles. The van der Waals surface area contributed by atoms with E-state index in [-0.39, 0.29) is 31.2 Å². The quantitative estimate of drug-likeness (QED) is 0.786. The van der Waals surface area contributed by atoms with Crippen LogP contribution in [0.2, 0.25) is 0 Å². The zero-order chi connectivity index (χ0) is 16.3. The molecule has 7 heteroatoms. The lowest BCUT2D eigenvalue weighted by molar-refractivity contribution is -0.236. The second kappa shape index (κ2) is 6.60. The van der Waals surface area contributed by atoms with Crippen LogP contribution in [0.5, 0.6) is 5.88 Å². The van der Waals surface area contributed by atoms with Crippen molar-refractivity contribution in [3.05, 3.63) is 22.9 Å². The molecule has 7 nitrogen and oxygen atoms in total. The van der Waals surface area contributed by atoms with E-state index in [9.17, 15) is 15.0 Å². The molecule has 0 aliphatic carbocycles. The van der Waals surface area contributed by atoms with Gasteiger partial charge >= 0.3 is 5.97 Å². The highest BCUT2D eigenvalue weighted by atomic mass is 16.6. The normalized spacial score (nSPS) is 23.8. The molecule has 1 aromatic heterocycles. The number of aliphatic hydroxyl groups is 2. The average Bonchev–Trinajstić information content (AvgIpc) is 2.55. The molecule has 2 unspecified atom stereocenters. The predicted octanol–water partition coefficient (Wildman–Crippen LogP) is 1.10. The largest absolute Gasteiger partial charge is 0.481 e. The SMILES string of the molecule is CCCOC(=O)c1cc2c(c(OC)n1)COC(O)C2(O)CC. The van der Waals surface area contributed by atoms with Gasteiger partial charge in [-0.3, -0.25) is 0 Å². The van der Waals surface area contributed by atoms with E-state index in [1.54, 1.807) is 6.92 Å². The first-order chi connectivity index (χ1) is 10.5. The molecule has 2 atom stereocenters. The molecule has 0 bridgehead atoms. The van der Waals surface area contributed by atoms with Crippen molar-refractivity contribution >= 4 is 5.97 Å². The van der Waals surface area contributed by atoms with Gasteiger partial charge in [-0.15, -0.1) is 0 Å². The number of carbonyl (C=O) groups excluding carboxylic acids is 1. The maximum atomic E-state index is 12.0. The van der Waals surface area contributed by atoms with Crippen molar-refractivity contribution in [1.82, 2.24) is 4.98 Å². The summed E-state index contributed by atoms with van der Waals surface area (Å²) < 4.78 is 15.4. The first kappa shape index (κ1) is 16.7. The van der Waals surface area contributed by atoms with Crippen LogP contribution in [0.1, 0.15) is 48.3 Å². The number of fused-ring (bicyclic) bond motifs is 1. The second-order valence-corrected chi connectivity index (χ2v) is 5.12. The molecule has 0 saturated carbocycles. The number of aliphatic hydroxyl groups excluding tert-OH is 1. The van der Waals surface area contributed by atoms with Crippen LogP contribution in [0.4, 0.5) is 0 Å². The van der Waals surface area contributed by atoms with Gasteiger partial charge in [0.05, 0.1) is 20.3 Å². The van der Waals surface area contributed by atoms with Crippen molar-refractivity contribution in [3.8, 4) is 5.88 Å². The maximum Gasteiger partial charge on any atom is 0.357 e. The van der Waals surface area contributed by atoms with E-state index >= 15 is 0 Å². The fourth-order valence-corrected chi connectivity index (χ4v) is 2.41. The number of ether oxygens (including phenoxy) is 3. The van der Waals surface area contributed by atoms with Crippen LogP contribution in [0.3, 0.4) is 0 Å². The standard InChI is InChI=1S/C15H21NO6/c1-4-6-21-13(17)11-7-10-9(12(16-11)20-3)8-22-14(18)15(10,19)5-2/h7,14,18-19H,4-6,8H2,1-3H3. The summed E-state index contributed by atoms with van der Waals surface area (Å²) in [4.78, 5) is 16.1. The van der Waals surface area contributed by atoms with Gasteiger partial charge in [0.15, 0.2) is 12.0 Å². The fraction of sp³-hybridized carbons (Fsp3) is 0.600. The Labute approximate surface area is 128 Å². The summed E-state index contributed by atoms with van der Waals surface area (Å²) >= 11 is 0. The maximum absolute atomic E-state index is 12.0. The Kier molecular flexibility index (Phi) is 5.00. The first-order valence-corrected chi connectivity index (χ1v) is 7.25. The van der Waals surface area contributed by atoms with E-state index in [2.05, 4.69) is 4.98 Å². The molecule has 1 aliphatic rings. The van der Waals surface area contributed by atoms with Crippen LogP contribution in [0.25, 0.3) is 0 Å². The Hall–Kier alpha value is -1.70. The van der Waals surface area contributed by atoms with E-state index in [4.69, 9.17) is 14.2 Å². The van der Waals surface area contributed by atoms with Crippen molar-refractivity contribution in [3.63, 3.8) is 0 Å². The zero-order valence-electron chi connectivity index (χ0n) is 13.0. The van der Waals surface area contributed by atoms with Crippen molar-refractivity contribution in [2.45, 2.75) is 45.2 Å². The monoisotopic (exact) mass is 311 g/mol. The lowest BCUT2D eigenvalue weighted by atomic mass is 9.85. The van der Waals surface area contributed by atoms with E-state index < -0.39 is 17.9 Å². The molecule has 0 radical (unpaired) electrons. The molecule has 0 saturated heterocycles. The van der Waals surface area contributed by atoms with Crippen molar-refractivity contribution in [2.24, 2.45) is 0 Å². The molecule has 122 valence electrons. The Morgan fingerprint density at radius 2 is 2.27 bits per heavy atom. The summed E-state index contributed by atoms with van der Waals surface area (Å²) in [6, 6.07) is 1.44. The van der Waals surface area contributed by atoms with Gasteiger partial charge in [-0.1, -0.05) is 13.8 Å². The number of aromatic nitrogens is 1. The van der Waals surface area contributed by atoms with Crippen molar-refractivity contribution < 1.29 is 29.2 Å². The summed E-state index contributed by atoms with van der Waals surface area (Å²) in [5.41, 5.74) is -0.692. The summed E-state index contributed by atoms with van der Waals surface area (Å²) in [5, 5.41) is 20.7. The number of pyridine rings is 1. The number of hydrogen-bond donors (Lipinski definition) is 2. The third kappa shape index (κ3) is 2.79. The molecule has 2 N–H and O–H groups in total. The molecule has 0 spiro atoms. The molecule has 0 fully saturated rings. The second-order valence-electron chi connectivity index (χ2n) is 5.12. The molecule has 1 aliphatic heterocycles. The van der Waals surface area contributed by atoms with Gasteiger partial charge in [-0.05, 0) is 18.9 Å². The molecular formula is C15H21NO6. The van der Waals surface area contributed by atoms with Gasteiger partial charge in [-0.2, -0.15) is 0 Å². The van der Waals surface area contributed by atoms with E-state index in [1.807, 2.05) is 6.92 Å². The Morgan fingerprint density at radius 3 is 2.86 bits per heavy atom. The van der Waals surface area contributed by atoms with Crippen molar-refractivity contribution in [1.29, 1.82) is 0 Å². The minimum absolute atomic E-state index is 0.0324. The van der Waals surface area contributed by atoms with E-state index in [1.165, 1.54) is 13.2 Å². The predicted molar refractivity (Wildman–Crippen MR) is 76.3 cm³/mol. The zero-order valence-corrected chi connectivity index (χ0v) is 13.0. The minimum atomic E-state index is -1.62. The van der Waals surface area contributed by atoms with Crippen LogP contribution < -0.4 is 4.74 Å². The van der Waals surface area contributed by atoms with Gasteiger partial charge in [-0.25, -0.2) is 9.78 Å². The van der Waals surface area contributed by atoms with Gasteiger partial charge in [0.25, 0.3) is 0 Å². The van der Waals surface area contributed by atoms with Gasteiger partial charge in [0.1, 0.15) is 5.60 Å². The molecule has 1 aromatic rings. The molecule has 22 heavy (non-hydrogen) atoms.